The average molecular weight is 330 g/mol. The van der Waals surface area contributed by atoms with Crippen molar-refractivity contribution in [2.24, 2.45) is 11.8 Å². The van der Waals surface area contributed by atoms with E-state index in [0.717, 1.165) is 17.8 Å². The number of halogens is 2. The maximum absolute atomic E-state index is 13.5. The van der Waals surface area contributed by atoms with E-state index in [0.29, 0.717) is 18.4 Å². The van der Waals surface area contributed by atoms with Crippen molar-refractivity contribution in [3.05, 3.63) is 29.6 Å². The predicted octanol–water partition coefficient (Wildman–Crippen LogP) is 3.07. The van der Waals surface area contributed by atoms with Gasteiger partial charge in [-0.3, -0.25) is 4.79 Å². The summed E-state index contributed by atoms with van der Waals surface area (Å²) in [6, 6.07) is 3.57. The zero-order valence-corrected chi connectivity index (χ0v) is 12.1. The van der Waals surface area contributed by atoms with Crippen LogP contribution in [0, 0.1) is 17.7 Å². The molecule has 0 aliphatic heterocycles. The molecule has 0 aromatic heterocycles. The van der Waals surface area contributed by atoms with Crippen LogP contribution in [0.3, 0.4) is 0 Å². The number of phenols is 1. The Labute approximate surface area is 120 Å². The van der Waals surface area contributed by atoms with Crippen LogP contribution in [0.1, 0.15) is 29.6 Å². The molecule has 19 heavy (non-hydrogen) atoms. The maximum Gasteiger partial charge on any atom is 0.254 e. The number of amides is 1. The van der Waals surface area contributed by atoms with Crippen molar-refractivity contribution >= 4 is 21.8 Å². The minimum atomic E-state index is -0.694. The monoisotopic (exact) mass is 329 g/mol. The van der Waals surface area contributed by atoms with Crippen molar-refractivity contribution in [3.63, 3.8) is 0 Å². The summed E-state index contributed by atoms with van der Waals surface area (Å²) < 4.78 is 13.5. The van der Waals surface area contributed by atoms with Gasteiger partial charge in [-0.1, -0.05) is 22.4 Å². The van der Waals surface area contributed by atoms with Crippen LogP contribution in [0.5, 0.6) is 5.75 Å². The third kappa shape index (κ3) is 3.47. The summed E-state index contributed by atoms with van der Waals surface area (Å²) in [7, 11) is 0. The Balaban J connectivity index is 1.94. The third-order valence-corrected chi connectivity index (χ3v) is 4.57. The lowest BCUT2D eigenvalue weighted by Gasteiger charge is -2.17. The van der Waals surface area contributed by atoms with Crippen molar-refractivity contribution in [2.45, 2.75) is 19.3 Å². The zero-order valence-electron chi connectivity index (χ0n) is 10.5. The summed E-state index contributed by atoms with van der Waals surface area (Å²) in [5.74, 6) is -0.239. The first kappa shape index (κ1) is 14.3. The van der Waals surface area contributed by atoms with Crippen LogP contribution in [-0.4, -0.2) is 22.9 Å². The minimum Gasteiger partial charge on any atom is -0.508 e. The number of rotatable bonds is 4. The first-order valence-corrected chi connectivity index (χ1v) is 7.56. The highest BCUT2D eigenvalue weighted by Gasteiger charge is 2.26. The minimum absolute atomic E-state index is 0.0220. The molecule has 2 rings (SSSR count). The molecule has 0 saturated heterocycles. The molecule has 0 spiro atoms. The molecular formula is C14H17BrFNO2. The van der Waals surface area contributed by atoms with E-state index in [1.165, 1.54) is 25.0 Å². The van der Waals surface area contributed by atoms with E-state index in [4.69, 9.17) is 5.11 Å². The van der Waals surface area contributed by atoms with Crippen LogP contribution >= 0.6 is 15.9 Å². The fraction of sp³-hybridized carbons (Fsp3) is 0.500. The van der Waals surface area contributed by atoms with Crippen LogP contribution in [-0.2, 0) is 0 Å². The van der Waals surface area contributed by atoms with Gasteiger partial charge in [0.25, 0.3) is 5.91 Å². The average Bonchev–Trinajstić information content (AvgIpc) is 2.83. The SMILES string of the molecule is O=C(NCC1CCCC1CBr)c1ccc(O)cc1F. The lowest BCUT2D eigenvalue weighted by Crippen LogP contribution is -2.31. The molecule has 3 nitrogen and oxygen atoms in total. The van der Waals surface area contributed by atoms with Gasteiger partial charge in [0.05, 0.1) is 5.56 Å². The van der Waals surface area contributed by atoms with Gasteiger partial charge in [0.15, 0.2) is 0 Å². The second-order valence-electron chi connectivity index (χ2n) is 4.98. The first-order chi connectivity index (χ1) is 9.11. The van der Waals surface area contributed by atoms with Gasteiger partial charge in [0.2, 0.25) is 0 Å². The summed E-state index contributed by atoms with van der Waals surface area (Å²) in [6.45, 7) is 0.579. The van der Waals surface area contributed by atoms with E-state index < -0.39 is 11.7 Å². The van der Waals surface area contributed by atoms with Crippen LogP contribution in [0.25, 0.3) is 0 Å². The topological polar surface area (TPSA) is 49.3 Å². The van der Waals surface area contributed by atoms with Crippen molar-refractivity contribution in [2.75, 3.05) is 11.9 Å². The Morgan fingerprint density at radius 2 is 2.16 bits per heavy atom. The highest BCUT2D eigenvalue weighted by molar-refractivity contribution is 9.09. The number of hydrogen-bond acceptors (Lipinski definition) is 2. The lowest BCUT2D eigenvalue weighted by molar-refractivity contribution is 0.0940. The van der Waals surface area contributed by atoms with Crippen molar-refractivity contribution in [3.8, 4) is 5.75 Å². The van der Waals surface area contributed by atoms with Crippen molar-refractivity contribution in [1.82, 2.24) is 5.32 Å². The molecule has 1 saturated carbocycles. The number of aromatic hydroxyl groups is 1. The molecule has 1 aromatic carbocycles. The van der Waals surface area contributed by atoms with E-state index in [1.54, 1.807) is 0 Å². The smallest absolute Gasteiger partial charge is 0.254 e. The molecule has 2 N–H and O–H groups in total. The van der Waals surface area contributed by atoms with Crippen molar-refractivity contribution in [1.29, 1.82) is 0 Å². The Morgan fingerprint density at radius 3 is 2.84 bits per heavy atom. The van der Waals surface area contributed by atoms with E-state index >= 15 is 0 Å². The summed E-state index contributed by atoms with van der Waals surface area (Å²) >= 11 is 3.49. The fourth-order valence-corrected chi connectivity index (χ4v) is 3.45. The molecule has 1 aliphatic rings. The maximum atomic E-state index is 13.5. The first-order valence-electron chi connectivity index (χ1n) is 6.44. The Kier molecular flexibility index (Phi) is 4.80. The number of nitrogens with one attached hydrogen (secondary N) is 1. The van der Waals surface area contributed by atoms with Crippen LogP contribution in [0.15, 0.2) is 18.2 Å². The molecule has 1 aromatic rings. The number of alkyl halides is 1. The second kappa shape index (κ2) is 6.37. The Hall–Kier alpha value is -1.10. The fourth-order valence-electron chi connectivity index (χ4n) is 2.59. The number of benzene rings is 1. The lowest BCUT2D eigenvalue weighted by atomic mass is 9.98. The Morgan fingerprint density at radius 1 is 1.42 bits per heavy atom. The van der Waals surface area contributed by atoms with E-state index in [-0.39, 0.29) is 11.3 Å². The molecule has 1 amide bonds. The molecule has 0 bridgehead atoms. The normalized spacial score (nSPS) is 22.4. The molecule has 2 atom stereocenters. The van der Waals surface area contributed by atoms with Gasteiger partial charge >= 0.3 is 0 Å². The number of carbonyl (C=O) groups excluding carboxylic acids is 1. The van der Waals surface area contributed by atoms with Crippen LogP contribution in [0.2, 0.25) is 0 Å². The van der Waals surface area contributed by atoms with E-state index in [2.05, 4.69) is 21.2 Å². The van der Waals surface area contributed by atoms with Gasteiger partial charge in [0.1, 0.15) is 11.6 Å². The predicted molar refractivity (Wildman–Crippen MR) is 75.0 cm³/mol. The van der Waals surface area contributed by atoms with Gasteiger partial charge in [-0.05, 0) is 36.8 Å². The standard InChI is InChI=1S/C14H17BrFNO2/c15-7-9-2-1-3-10(9)8-17-14(19)12-5-4-11(18)6-13(12)16/h4-6,9-10,18H,1-3,7-8H2,(H,17,19). The molecule has 1 fully saturated rings. The molecule has 104 valence electrons. The molecule has 0 heterocycles. The number of hydrogen-bond donors (Lipinski definition) is 2. The number of carbonyl (C=O) groups is 1. The zero-order chi connectivity index (χ0) is 13.8. The molecule has 1 aliphatic carbocycles. The second-order valence-corrected chi connectivity index (χ2v) is 5.63. The van der Waals surface area contributed by atoms with Gasteiger partial charge in [-0.15, -0.1) is 0 Å². The molecule has 2 unspecified atom stereocenters. The van der Waals surface area contributed by atoms with Crippen molar-refractivity contribution < 1.29 is 14.3 Å². The summed E-state index contributed by atoms with van der Waals surface area (Å²) in [6.07, 6.45) is 3.47. The molecule has 5 heteroatoms. The summed E-state index contributed by atoms with van der Waals surface area (Å²) in [5, 5.41) is 12.8. The quantitative estimate of drug-likeness (QED) is 0.834. The third-order valence-electron chi connectivity index (χ3n) is 3.74. The molecular weight excluding hydrogens is 313 g/mol. The number of phenolic OH excluding ortho intramolecular Hbond substituents is 1. The van der Waals surface area contributed by atoms with Gasteiger partial charge in [-0.2, -0.15) is 0 Å². The van der Waals surface area contributed by atoms with Crippen LogP contribution in [0.4, 0.5) is 4.39 Å². The van der Waals surface area contributed by atoms with Crippen LogP contribution < -0.4 is 5.32 Å². The Bertz CT molecular complexity index is 467. The van der Waals surface area contributed by atoms with Gasteiger partial charge in [0, 0.05) is 17.9 Å². The van der Waals surface area contributed by atoms with E-state index in [9.17, 15) is 9.18 Å². The summed E-state index contributed by atoms with van der Waals surface area (Å²) in [4.78, 5) is 11.9. The largest absolute Gasteiger partial charge is 0.508 e. The highest BCUT2D eigenvalue weighted by Crippen LogP contribution is 2.32. The highest BCUT2D eigenvalue weighted by atomic mass is 79.9. The van der Waals surface area contributed by atoms with Gasteiger partial charge < -0.3 is 10.4 Å². The summed E-state index contributed by atoms with van der Waals surface area (Å²) in [5.41, 5.74) is -0.0220. The molecule has 0 radical (unpaired) electrons. The van der Waals surface area contributed by atoms with E-state index in [1.807, 2.05) is 0 Å². The van der Waals surface area contributed by atoms with Gasteiger partial charge in [-0.25, -0.2) is 4.39 Å².